The molecule has 0 saturated carbocycles. The van der Waals surface area contributed by atoms with Crippen LogP contribution >= 0.6 is 15.9 Å². The molecule has 1 heterocycles. The van der Waals surface area contributed by atoms with Crippen LogP contribution in [0.4, 0.5) is 10.5 Å². The second kappa shape index (κ2) is 7.84. The maximum atomic E-state index is 12.7. The quantitative estimate of drug-likeness (QED) is 0.650. The molecule has 1 aromatic heterocycles. The Labute approximate surface area is 149 Å². The predicted octanol–water partition coefficient (Wildman–Crippen LogP) is 5.28. The summed E-state index contributed by atoms with van der Waals surface area (Å²) in [5.74, 6) is 0.746. The van der Waals surface area contributed by atoms with Gasteiger partial charge in [0.25, 0.3) is 0 Å². The molecule has 0 fully saturated rings. The molecule has 122 valence electrons. The van der Waals surface area contributed by atoms with Crippen molar-refractivity contribution in [1.29, 1.82) is 0 Å². The summed E-state index contributed by atoms with van der Waals surface area (Å²) in [4.78, 5) is 14.4. The summed E-state index contributed by atoms with van der Waals surface area (Å²) in [7, 11) is 0. The molecule has 2 amide bonds. The third kappa shape index (κ3) is 4.49. The molecule has 3 aromatic rings. The highest BCUT2D eigenvalue weighted by molar-refractivity contribution is 9.10. The van der Waals surface area contributed by atoms with Gasteiger partial charge in [-0.2, -0.15) is 0 Å². The van der Waals surface area contributed by atoms with E-state index in [9.17, 15) is 4.79 Å². The van der Waals surface area contributed by atoms with E-state index in [0.717, 1.165) is 21.5 Å². The average molecular weight is 385 g/mol. The third-order valence-corrected chi connectivity index (χ3v) is 4.00. The molecule has 0 aliphatic heterocycles. The van der Waals surface area contributed by atoms with Crippen LogP contribution in [-0.4, -0.2) is 10.9 Å². The Morgan fingerprint density at radius 3 is 2.54 bits per heavy atom. The lowest BCUT2D eigenvalue weighted by atomic mass is 10.2. The first-order valence-corrected chi connectivity index (χ1v) is 8.38. The van der Waals surface area contributed by atoms with E-state index < -0.39 is 0 Å². The van der Waals surface area contributed by atoms with Gasteiger partial charge in [-0.15, -0.1) is 0 Å². The maximum Gasteiger partial charge on any atom is 0.322 e. The summed E-state index contributed by atoms with van der Waals surface area (Å²) in [6.45, 7) is 0.906. The Balaban J connectivity index is 1.76. The molecule has 0 unspecified atom stereocenters. The van der Waals surface area contributed by atoms with Gasteiger partial charge in [-0.1, -0.05) is 52.3 Å². The topological polar surface area (TPSA) is 45.5 Å². The van der Waals surface area contributed by atoms with Crippen molar-refractivity contribution in [2.45, 2.75) is 13.1 Å². The zero-order valence-electron chi connectivity index (χ0n) is 13.0. The third-order valence-electron chi connectivity index (χ3n) is 3.51. The molecular weight excluding hydrogens is 368 g/mol. The molecule has 0 aliphatic rings. The zero-order valence-corrected chi connectivity index (χ0v) is 14.6. The van der Waals surface area contributed by atoms with Crippen molar-refractivity contribution in [2.75, 3.05) is 5.32 Å². The maximum absolute atomic E-state index is 12.7. The molecule has 0 bridgehead atoms. The molecule has 24 heavy (non-hydrogen) atoms. The Morgan fingerprint density at radius 1 is 1.00 bits per heavy atom. The number of nitrogens with zero attached hydrogens (tertiary/aromatic N) is 1. The van der Waals surface area contributed by atoms with Gasteiger partial charge in [-0.3, -0.25) is 0 Å². The van der Waals surface area contributed by atoms with Crippen LogP contribution in [0.1, 0.15) is 11.3 Å². The monoisotopic (exact) mass is 384 g/mol. The first-order chi connectivity index (χ1) is 11.7. The van der Waals surface area contributed by atoms with Crippen molar-refractivity contribution in [2.24, 2.45) is 0 Å². The minimum absolute atomic E-state index is 0.173. The number of halogens is 1. The van der Waals surface area contributed by atoms with Crippen LogP contribution in [0, 0.1) is 0 Å². The Kier molecular flexibility index (Phi) is 5.33. The normalized spacial score (nSPS) is 10.4. The van der Waals surface area contributed by atoms with Crippen LogP contribution in [0.2, 0.25) is 0 Å². The highest BCUT2D eigenvalue weighted by Crippen LogP contribution is 2.17. The standard InChI is InChI=1S/C19H17BrN2O2/c20-16-8-4-9-17(12-16)21-19(23)22(14-18-10-5-11-24-18)13-15-6-2-1-3-7-15/h1-12H,13-14H2,(H,21,23). The molecular formula is C19H17BrN2O2. The molecule has 0 saturated heterocycles. The van der Waals surface area contributed by atoms with Crippen molar-refractivity contribution < 1.29 is 9.21 Å². The summed E-state index contributed by atoms with van der Waals surface area (Å²) < 4.78 is 6.31. The lowest BCUT2D eigenvalue weighted by molar-refractivity contribution is 0.201. The second-order valence-electron chi connectivity index (χ2n) is 5.36. The Hall–Kier alpha value is -2.53. The lowest BCUT2D eigenvalue weighted by Crippen LogP contribution is -2.33. The first kappa shape index (κ1) is 16.3. The van der Waals surface area contributed by atoms with Crippen molar-refractivity contribution in [3.63, 3.8) is 0 Å². The number of furan rings is 1. The SMILES string of the molecule is O=C(Nc1cccc(Br)c1)N(Cc1ccccc1)Cc1ccco1. The number of carbonyl (C=O) groups excluding carboxylic acids is 1. The number of hydrogen-bond acceptors (Lipinski definition) is 2. The molecule has 0 aliphatic carbocycles. The Bertz CT molecular complexity index is 788. The summed E-state index contributed by atoms with van der Waals surface area (Å²) in [6.07, 6.45) is 1.61. The number of hydrogen-bond donors (Lipinski definition) is 1. The van der Waals surface area contributed by atoms with Crippen LogP contribution in [0.15, 0.2) is 81.9 Å². The fourth-order valence-corrected chi connectivity index (χ4v) is 2.76. The number of carbonyl (C=O) groups is 1. The van der Waals surface area contributed by atoms with Crippen molar-refractivity contribution in [1.82, 2.24) is 4.90 Å². The number of urea groups is 1. The molecule has 0 spiro atoms. The molecule has 1 N–H and O–H groups in total. The van der Waals surface area contributed by atoms with Crippen molar-refractivity contribution in [3.05, 3.63) is 88.8 Å². The highest BCUT2D eigenvalue weighted by Gasteiger charge is 2.16. The highest BCUT2D eigenvalue weighted by atomic mass is 79.9. The van der Waals surface area contributed by atoms with Gasteiger partial charge >= 0.3 is 6.03 Å². The van der Waals surface area contributed by atoms with Gasteiger partial charge in [0, 0.05) is 16.7 Å². The first-order valence-electron chi connectivity index (χ1n) is 7.58. The second-order valence-corrected chi connectivity index (χ2v) is 6.28. The number of nitrogens with one attached hydrogen (secondary N) is 1. The molecule has 0 radical (unpaired) electrons. The van der Waals surface area contributed by atoms with Crippen LogP contribution in [0.25, 0.3) is 0 Å². The van der Waals surface area contributed by atoms with Gasteiger partial charge in [0.05, 0.1) is 12.8 Å². The molecule has 5 heteroatoms. The van der Waals surface area contributed by atoms with Gasteiger partial charge in [0.2, 0.25) is 0 Å². The minimum Gasteiger partial charge on any atom is -0.467 e. The van der Waals surface area contributed by atoms with E-state index >= 15 is 0 Å². The van der Waals surface area contributed by atoms with Gasteiger partial charge in [-0.25, -0.2) is 4.79 Å². The number of amides is 2. The van der Waals surface area contributed by atoms with E-state index in [0.29, 0.717) is 13.1 Å². The number of rotatable bonds is 5. The van der Waals surface area contributed by atoms with Crippen LogP contribution in [0.3, 0.4) is 0 Å². The van der Waals surface area contributed by atoms with E-state index in [1.54, 1.807) is 11.2 Å². The average Bonchev–Trinajstić information content (AvgIpc) is 3.08. The number of benzene rings is 2. The summed E-state index contributed by atoms with van der Waals surface area (Å²) in [5.41, 5.74) is 1.81. The smallest absolute Gasteiger partial charge is 0.322 e. The van der Waals surface area contributed by atoms with E-state index in [1.807, 2.05) is 66.7 Å². The van der Waals surface area contributed by atoms with Crippen LogP contribution in [0.5, 0.6) is 0 Å². The van der Waals surface area contributed by atoms with E-state index in [-0.39, 0.29) is 6.03 Å². The molecule has 3 rings (SSSR count). The predicted molar refractivity (Wildman–Crippen MR) is 97.6 cm³/mol. The molecule has 2 aromatic carbocycles. The van der Waals surface area contributed by atoms with Crippen LogP contribution in [-0.2, 0) is 13.1 Å². The van der Waals surface area contributed by atoms with Gasteiger partial charge < -0.3 is 14.6 Å². The Morgan fingerprint density at radius 2 is 1.83 bits per heavy atom. The van der Waals surface area contributed by atoms with Crippen LogP contribution < -0.4 is 5.32 Å². The summed E-state index contributed by atoms with van der Waals surface area (Å²) in [5, 5.41) is 2.93. The summed E-state index contributed by atoms with van der Waals surface area (Å²) >= 11 is 3.41. The van der Waals surface area contributed by atoms with Gasteiger partial charge in [-0.05, 0) is 35.9 Å². The molecule has 0 atom stereocenters. The lowest BCUT2D eigenvalue weighted by Gasteiger charge is -2.22. The molecule has 4 nitrogen and oxygen atoms in total. The fourth-order valence-electron chi connectivity index (χ4n) is 2.36. The minimum atomic E-state index is -0.173. The fraction of sp³-hybridized carbons (Fsp3) is 0.105. The van der Waals surface area contributed by atoms with Crippen molar-refractivity contribution in [3.8, 4) is 0 Å². The van der Waals surface area contributed by atoms with Gasteiger partial charge in [0.15, 0.2) is 0 Å². The number of anilines is 1. The van der Waals surface area contributed by atoms with Gasteiger partial charge in [0.1, 0.15) is 5.76 Å². The van der Waals surface area contributed by atoms with E-state index in [1.165, 1.54) is 0 Å². The summed E-state index contributed by atoms with van der Waals surface area (Å²) in [6, 6.07) is 20.9. The zero-order chi connectivity index (χ0) is 16.8. The largest absolute Gasteiger partial charge is 0.467 e. The van der Waals surface area contributed by atoms with E-state index in [2.05, 4.69) is 21.2 Å². The van der Waals surface area contributed by atoms with Crippen molar-refractivity contribution >= 4 is 27.6 Å². The van der Waals surface area contributed by atoms with E-state index in [4.69, 9.17) is 4.42 Å².